The number of rotatable bonds is 6. The molecule has 0 atom stereocenters. The monoisotopic (exact) mass is 378 g/mol. The molecule has 146 valence electrons. The smallest absolute Gasteiger partial charge is 0.451 e. The second-order valence-corrected chi connectivity index (χ2v) is 6.14. The summed E-state index contributed by atoms with van der Waals surface area (Å²) >= 11 is 0. The molecule has 2 rings (SSSR count). The van der Waals surface area contributed by atoms with Crippen LogP contribution in [0.1, 0.15) is 38.1 Å². The fourth-order valence-electron chi connectivity index (χ4n) is 2.94. The molecule has 0 aliphatic carbocycles. The minimum Gasteiger partial charge on any atom is -0.466 e. The molecule has 11 heteroatoms. The van der Waals surface area contributed by atoms with Gasteiger partial charge in [0.2, 0.25) is 5.82 Å². The van der Waals surface area contributed by atoms with E-state index in [1.54, 1.807) is 11.8 Å². The summed E-state index contributed by atoms with van der Waals surface area (Å²) in [4.78, 5) is 36.9. The van der Waals surface area contributed by atoms with E-state index in [2.05, 4.69) is 5.10 Å². The lowest BCUT2D eigenvalue weighted by Gasteiger charge is -2.30. The van der Waals surface area contributed by atoms with E-state index in [9.17, 15) is 27.6 Å². The van der Waals surface area contributed by atoms with Crippen LogP contribution < -0.4 is 5.69 Å². The molecule has 2 heterocycles. The average Bonchev–Trinajstić information content (AvgIpc) is 2.84. The Balaban J connectivity index is 1.94. The summed E-state index contributed by atoms with van der Waals surface area (Å²) in [5, 5.41) is 3.45. The number of halogens is 3. The number of carbonyl (C=O) groups excluding carboxylic acids is 2. The highest BCUT2D eigenvalue weighted by atomic mass is 19.4. The zero-order chi connectivity index (χ0) is 19.5. The van der Waals surface area contributed by atoms with Crippen molar-refractivity contribution in [1.29, 1.82) is 0 Å². The molecular formula is C15H21F3N4O4. The third-order valence-electron chi connectivity index (χ3n) is 4.21. The Morgan fingerprint density at radius 1 is 1.27 bits per heavy atom. The molecule has 0 aromatic carbocycles. The Bertz CT molecular complexity index is 717. The van der Waals surface area contributed by atoms with Gasteiger partial charge in [-0.25, -0.2) is 9.48 Å². The van der Waals surface area contributed by atoms with Crippen LogP contribution in [0.4, 0.5) is 13.2 Å². The largest absolute Gasteiger partial charge is 0.466 e. The molecule has 1 aliphatic rings. The molecule has 0 saturated carbocycles. The van der Waals surface area contributed by atoms with Crippen LogP contribution in [0.2, 0.25) is 0 Å². The maximum Gasteiger partial charge on any atom is 0.451 e. The van der Waals surface area contributed by atoms with E-state index in [1.165, 1.54) is 0 Å². The van der Waals surface area contributed by atoms with Crippen LogP contribution in [-0.2, 0) is 27.5 Å². The minimum atomic E-state index is -4.70. The van der Waals surface area contributed by atoms with E-state index >= 15 is 0 Å². The van der Waals surface area contributed by atoms with Crippen LogP contribution in [0.15, 0.2) is 4.79 Å². The highest BCUT2D eigenvalue weighted by molar-refractivity contribution is 5.96. The number of alkyl halides is 3. The molecule has 0 spiro atoms. The van der Waals surface area contributed by atoms with Crippen molar-refractivity contribution in [3.8, 4) is 0 Å². The summed E-state index contributed by atoms with van der Waals surface area (Å²) in [5.74, 6) is -2.09. The second-order valence-electron chi connectivity index (χ2n) is 6.14. The van der Waals surface area contributed by atoms with Crippen LogP contribution in [0, 0.1) is 0 Å². The van der Waals surface area contributed by atoms with E-state index in [4.69, 9.17) is 4.74 Å². The predicted octanol–water partition coefficient (Wildman–Crippen LogP) is 0.760. The van der Waals surface area contributed by atoms with Crippen LogP contribution in [-0.4, -0.2) is 57.2 Å². The first-order chi connectivity index (χ1) is 12.1. The number of piperidine rings is 1. The van der Waals surface area contributed by atoms with Gasteiger partial charge >= 0.3 is 17.8 Å². The number of hydrogen-bond donors (Lipinski definition) is 0. The second kappa shape index (κ2) is 8.02. The Kier molecular flexibility index (Phi) is 6.21. The molecule has 1 fully saturated rings. The van der Waals surface area contributed by atoms with E-state index in [1.807, 2.05) is 0 Å². The maximum atomic E-state index is 12.9. The van der Waals surface area contributed by atoms with Crippen molar-refractivity contribution in [2.45, 2.75) is 38.4 Å². The van der Waals surface area contributed by atoms with Crippen LogP contribution >= 0.6 is 0 Å². The third kappa shape index (κ3) is 4.71. The minimum absolute atomic E-state index is 0.0659. The van der Waals surface area contributed by atoms with Gasteiger partial charge < -0.3 is 4.74 Å². The van der Waals surface area contributed by atoms with Crippen LogP contribution in [0.5, 0.6) is 0 Å². The average molecular weight is 378 g/mol. The van der Waals surface area contributed by atoms with Crippen LogP contribution in [0.3, 0.4) is 0 Å². The molecule has 1 saturated heterocycles. The first-order valence-corrected chi connectivity index (χ1v) is 8.25. The number of aromatic nitrogens is 3. The first kappa shape index (κ1) is 20.1. The zero-order valence-corrected chi connectivity index (χ0v) is 14.6. The lowest BCUT2D eigenvalue weighted by Crippen LogP contribution is -2.40. The van der Waals surface area contributed by atoms with Crippen molar-refractivity contribution in [1.82, 2.24) is 19.2 Å². The first-order valence-electron chi connectivity index (χ1n) is 8.25. The van der Waals surface area contributed by atoms with Crippen molar-refractivity contribution >= 4 is 11.8 Å². The van der Waals surface area contributed by atoms with Crippen LogP contribution in [0.25, 0.3) is 0 Å². The Hall–Kier alpha value is -2.17. The maximum absolute atomic E-state index is 12.9. The molecular weight excluding hydrogens is 357 g/mol. The van der Waals surface area contributed by atoms with Gasteiger partial charge in [-0.05, 0) is 19.8 Å². The summed E-state index contributed by atoms with van der Waals surface area (Å²) in [6.45, 7) is 2.76. The van der Waals surface area contributed by atoms with E-state index in [0.717, 1.165) is 11.7 Å². The lowest BCUT2D eigenvalue weighted by atomic mass is 10.0. The van der Waals surface area contributed by atoms with Gasteiger partial charge in [0.25, 0.3) is 0 Å². The van der Waals surface area contributed by atoms with Crippen molar-refractivity contribution in [2.75, 3.05) is 26.2 Å². The molecule has 1 aromatic heterocycles. The van der Waals surface area contributed by atoms with Gasteiger partial charge in [0, 0.05) is 20.1 Å². The number of carbonyl (C=O) groups is 2. The Morgan fingerprint density at radius 3 is 2.38 bits per heavy atom. The third-order valence-corrected chi connectivity index (χ3v) is 4.21. The van der Waals surface area contributed by atoms with E-state index in [0.29, 0.717) is 30.5 Å². The number of esters is 1. The molecule has 1 aromatic rings. The van der Waals surface area contributed by atoms with Gasteiger partial charge in [0.05, 0.1) is 19.2 Å². The van der Waals surface area contributed by atoms with Gasteiger partial charge in [0.1, 0.15) is 6.42 Å². The Morgan fingerprint density at radius 2 is 1.88 bits per heavy atom. The zero-order valence-electron chi connectivity index (χ0n) is 14.6. The number of ether oxygens (including phenoxy) is 1. The number of ketones is 1. The standard InChI is InChI=1S/C15H21F3N4O4/c1-3-26-12(24)8-11(23)9-21-6-4-10(5-7-21)22-14(25)20(2)13(19-22)15(16,17)18/h10H,3-9H2,1-2H3. The number of likely N-dealkylation sites (tertiary alicyclic amines) is 1. The summed E-state index contributed by atoms with van der Waals surface area (Å²) in [6, 6.07) is -0.457. The van der Waals surface area contributed by atoms with Crippen molar-refractivity contribution in [2.24, 2.45) is 7.05 Å². The number of hydrogen-bond acceptors (Lipinski definition) is 6. The fraction of sp³-hybridized carbons (Fsp3) is 0.733. The number of Topliss-reactive ketones (excluding diaryl/α,β-unsaturated/α-hetero) is 1. The summed E-state index contributed by atoms with van der Waals surface area (Å²) in [5.41, 5.74) is -0.811. The summed E-state index contributed by atoms with van der Waals surface area (Å²) < 4.78 is 44.6. The van der Waals surface area contributed by atoms with Gasteiger partial charge in [0.15, 0.2) is 5.78 Å². The molecule has 0 unspecified atom stereocenters. The van der Waals surface area contributed by atoms with Crippen molar-refractivity contribution < 1.29 is 27.5 Å². The topological polar surface area (TPSA) is 86.4 Å². The molecule has 0 radical (unpaired) electrons. The van der Waals surface area contributed by atoms with Gasteiger partial charge in [-0.1, -0.05) is 0 Å². The highest BCUT2D eigenvalue weighted by Crippen LogP contribution is 2.28. The van der Waals surface area contributed by atoms with Crippen molar-refractivity contribution in [3.05, 3.63) is 16.3 Å². The van der Waals surface area contributed by atoms with E-state index in [-0.39, 0.29) is 25.4 Å². The normalized spacial score (nSPS) is 16.7. The Labute approximate surface area is 147 Å². The van der Waals surface area contributed by atoms with Gasteiger partial charge in [-0.15, -0.1) is 5.10 Å². The molecule has 1 aliphatic heterocycles. The molecule has 0 amide bonds. The fourth-order valence-corrected chi connectivity index (χ4v) is 2.94. The molecule has 8 nitrogen and oxygen atoms in total. The van der Waals surface area contributed by atoms with Gasteiger partial charge in [-0.3, -0.25) is 19.1 Å². The van der Waals surface area contributed by atoms with E-state index < -0.39 is 29.7 Å². The molecule has 0 N–H and O–H groups in total. The highest BCUT2D eigenvalue weighted by Gasteiger charge is 2.39. The van der Waals surface area contributed by atoms with Gasteiger partial charge in [-0.2, -0.15) is 13.2 Å². The molecule has 26 heavy (non-hydrogen) atoms. The number of nitrogens with zero attached hydrogens (tertiary/aromatic N) is 4. The quantitative estimate of drug-likeness (QED) is 0.537. The molecule has 0 bridgehead atoms. The summed E-state index contributed by atoms with van der Waals surface area (Å²) in [7, 11) is 1.04. The SMILES string of the molecule is CCOC(=O)CC(=O)CN1CCC(n2nc(C(F)(F)F)n(C)c2=O)CC1. The summed E-state index contributed by atoms with van der Waals surface area (Å²) in [6.07, 6.45) is -4.22. The lowest BCUT2D eigenvalue weighted by molar-refractivity contribution is -0.148. The van der Waals surface area contributed by atoms with Crippen molar-refractivity contribution in [3.63, 3.8) is 0 Å². The predicted molar refractivity (Wildman–Crippen MR) is 83.4 cm³/mol.